The van der Waals surface area contributed by atoms with Crippen molar-refractivity contribution in [1.29, 1.82) is 0 Å². The molecule has 8 heteroatoms. The van der Waals surface area contributed by atoms with Crippen molar-refractivity contribution in [2.45, 2.75) is 122 Å². The van der Waals surface area contributed by atoms with Crippen molar-refractivity contribution < 1.29 is 24.2 Å². The van der Waals surface area contributed by atoms with Gasteiger partial charge in [0.2, 0.25) is 5.91 Å². The molecule has 1 aromatic rings. The minimum Gasteiger partial charge on any atom is -0.490 e. The Hall–Kier alpha value is -2.16. The van der Waals surface area contributed by atoms with Crippen molar-refractivity contribution in [3.8, 4) is 5.75 Å². The van der Waals surface area contributed by atoms with Crippen molar-refractivity contribution in [3.63, 3.8) is 0 Å². The molecule has 4 atom stereocenters. The SMILES string of the molecule is C[C@H]1CCCCO[C@@H](CN(C)CC2CCCCC2)[C@@H](C)CN([C@@H](C)CO)C(=O)c2cc(NC(=O)C3CCCCC3)ccc2O1. The first kappa shape index (κ1) is 34.7. The number of nitrogens with zero attached hydrogens (tertiary/aromatic N) is 2. The smallest absolute Gasteiger partial charge is 0.258 e. The van der Waals surface area contributed by atoms with Gasteiger partial charge in [0.15, 0.2) is 0 Å². The van der Waals surface area contributed by atoms with Gasteiger partial charge in [-0.3, -0.25) is 9.59 Å². The van der Waals surface area contributed by atoms with E-state index in [2.05, 4.69) is 24.2 Å². The lowest BCUT2D eigenvalue weighted by atomic mass is 9.88. The van der Waals surface area contributed by atoms with E-state index in [0.29, 0.717) is 30.2 Å². The summed E-state index contributed by atoms with van der Waals surface area (Å²) in [7, 11) is 2.20. The van der Waals surface area contributed by atoms with Crippen LogP contribution in [-0.4, -0.2) is 84.9 Å². The number of likely N-dealkylation sites (N-methyl/N-ethyl adjacent to an activating group) is 1. The lowest BCUT2D eigenvalue weighted by molar-refractivity contribution is -0.120. The lowest BCUT2D eigenvalue weighted by Gasteiger charge is -2.36. The number of hydrogen-bond donors (Lipinski definition) is 2. The van der Waals surface area contributed by atoms with E-state index in [-0.39, 0.29) is 48.5 Å². The van der Waals surface area contributed by atoms with Crippen LogP contribution < -0.4 is 10.1 Å². The maximum Gasteiger partial charge on any atom is 0.258 e. The Bertz CT molecular complexity index is 1040. The Balaban J connectivity index is 1.56. The Morgan fingerprint density at radius 1 is 1.00 bits per heavy atom. The number of carbonyl (C=O) groups excluding carboxylic acids is 2. The second-order valence-corrected chi connectivity index (χ2v) is 14.1. The summed E-state index contributed by atoms with van der Waals surface area (Å²) in [5, 5.41) is 13.3. The number of aliphatic hydroxyl groups excluding tert-OH is 1. The van der Waals surface area contributed by atoms with E-state index in [4.69, 9.17) is 9.47 Å². The highest BCUT2D eigenvalue weighted by Gasteiger charge is 2.31. The van der Waals surface area contributed by atoms with Crippen LogP contribution in [-0.2, 0) is 9.53 Å². The molecule has 0 bridgehead atoms. The molecule has 2 N–H and O–H groups in total. The first-order valence-corrected chi connectivity index (χ1v) is 17.6. The summed E-state index contributed by atoms with van der Waals surface area (Å²) in [6, 6.07) is 5.05. The minimum atomic E-state index is -0.385. The van der Waals surface area contributed by atoms with E-state index in [1.54, 1.807) is 11.0 Å². The second kappa shape index (κ2) is 17.5. The summed E-state index contributed by atoms with van der Waals surface area (Å²) in [6.07, 6.45) is 14.5. The summed E-state index contributed by atoms with van der Waals surface area (Å²) in [4.78, 5) is 31.6. The van der Waals surface area contributed by atoms with Gasteiger partial charge in [-0.15, -0.1) is 0 Å². The standard InChI is InChI=1S/C36H59N3O5/c1-26-22-39(27(2)25-40)36(42)32-21-31(37-35(41)30-16-9-6-10-17-30)18-19-33(32)44-28(3)13-11-12-20-43-34(26)24-38(4)23-29-14-7-5-8-15-29/h18-19,21,26-30,34,40H,5-17,20,22-25H2,1-4H3,(H,37,41)/t26-,27-,28-,34-/m0/s1. The number of hydrogen-bond acceptors (Lipinski definition) is 6. The van der Waals surface area contributed by atoms with E-state index in [9.17, 15) is 14.7 Å². The first-order chi connectivity index (χ1) is 21.2. The number of nitrogens with one attached hydrogen (secondary N) is 1. The zero-order valence-electron chi connectivity index (χ0n) is 27.9. The number of aliphatic hydroxyl groups is 1. The molecular formula is C36H59N3O5. The number of carbonyl (C=O) groups is 2. The van der Waals surface area contributed by atoms with Crippen LogP contribution in [0.1, 0.15) is 115 Å². The molecular weight excluding hydrogens is 554 g/mol. The van der Waals surface area contributed by atoms with Crippen LogP contribution in [0.5, 0.6) is 5.75 Å². The van der Waals surface area contributed by atoms with Crippen molar-refractivity contribution in [1.82, 2.24) is 9.80 Å². The highest BCUT2D eigenvalue weighted by molar-refractivity contribution is 6.00. The van der Waals surface area contributed by atoms with Gasteiger partial charge in [0.05, 0.1) is 30.4 Å². The van der Waals surface area contributed by atoms with Gasteiger partial charge in [-0.25, -0.2) is 0 Å². The van der Waals surface area contributed by atoms with Crippen LogP contribution in [0.4, 0.5) is 5.69 Å². The summed E-state index contributed by atoms with van der Waals surface area (Å²) in [6.45, 7) is 8.99. The van der Waals surface area contributed by atoms with Gasteiger partial charge < -0.3 is 29.7 Å². The maximum atomic E-state index is 14.4. The third kappa shape index (κ3) is 10.2. The fraction of sp³-hybridized carbons (Fsp3) is 0.778. The zero-order chi connectivity index (χ0) is 31.5. The first-order valence-electron chi connectivity index (χ1n) is 17.6. The predicted molar refractivity (Wildman–Crippen MR) is 176 cm³/mol. The average Bonchev–Trinajstić information content (AvgIpc) is 3.03. The van der Waals surface area contributed by atoms with Crippen LogP contribution >= 0.6 is 0 Å². The van der Waals surface area contributed by atoms with Gasteiger partial charge in [-0.1, -0.05) is 45.4 Å². The fourth-order valence-corrected chi connectivity index (χ4v) is 7.26. The van der Waals surface area contributed by atoms with Gasteiger partial charge in [-0.2, -0.15) is 0 Å². The maximum absolute atomic E-state index is 14.4. The molecule has 0 unspecified atom stereocenters. The molecule has 2 amide bonds. The summed E-state index contributed by atoms with van der Waals surface area (Å²) >= 11 is 0. The fourth-order valence-electron chi connectivity index (χ4n) is 7.26. The van der Waals surface area contributed by atoms with E-state index >= 15 is 0 Å². The number of fused-ring (bicyclic) bond motifs is 1. The van der Waals surface area contributed by atoms with Crippen molar-refractivity contribution >= 4 is 17.5 Å². The summed E-state index contributed by atoms with van der Waals surface area (Å²) in [5.41, 5.74) is 1.04. The molecule has 2 aliphatic carbocycles. The minimum absolute atomic E-state index is 0.0179. The molecule has 1 heterocycles. The number of anilines is 1. The molecule has 0 saturated heterocycles. The Labute approximate surface area is 266 Å². The number of amides is 2. The molecule has 8 nitrogen and oxygen atoms in total. The third-order valence-corrected chi connectivity index (χ3v) is 10.1. The molecule has 1 aromatic carbocycles. The molecule has 4 rings (SSSR count). The Kier molecular flexibility index (Phi) is 13.8. The normalized spacial score (nSPS) is 26.0. The van der Waals surface area contributed by atoms with Gasteiger partial charge in [-0.05, 0) is 90.0 Å². The van der Waals surface area contributed by atoms with Crippen molar-refractivity contribution in [2.24, 2.45) is 17.8 Å². The summed E-state index contributed by atoms with van der Waals surface area (Å²) < 4.78 is 12.9. The topological polar surface area (TPSA) is 91.3 Å². The molecule has 1 aliphatic heterocycles. The Morgan fingerprint density at radius 3 is 2.39 bits per heavy atom. The van der Waals surface area contributed by atoms with Gasteiger partial charge in [0.1, 0.15) is 5.75 Å². The van der Waals surface area contributed by atoms with E-state index in [1.165, 1.54) is 38.5 Å². The zero-order valence-corrected chi connectivity index (χ0v) is 27.9. The monoisotopic (exact) mass is 613 g/mol. The van der Waals surface area contributed by atoms with Crippen molar-refractivity contribution in [2.75, 3.05) is 45.2 Å². The van der Waals surface area contributed by atoms with Crippen molar-refractivity contribution in [3.05, 3.63) is 23.8 Å². The molecule has 0 aromatic heterocycles. The van der Waals surface area contributed by atoms with Crippen LogP contribution in [0.2, 0.25) is 0 Å². The van der Waals surface area contributed by atoms with Crippen LogP contribution in [0.25, 0.3) is 0 Å². The molecule has 2 fully saturated rings. The number of ether oxygens (including phenoxy) is 2. The number of rotatable bonds is 8. The van der Waals surface area contributed by atoms with Gasteiger partial charge >= 0.3 is 0 Å². The number of benzene rings is 1. The predicted octanol–water partition coefficient (Wildman–Crippen LogP) is 6.51. The van der Waals surface area contributed by atoms with Crippen LogP contribution in [0.3, 0.4) is 0 Å². The third-order valence-electron chi connectivity index (χ3n) is 10.1. The van der Waals surface area contributed by atoms with E-state index in [1.807, 2.05) is 26.0 Å². The molecule has 3 aliphatic rings. The van der Waals surface area contributed by atoms with Crippen LogP contribution in [0.15, 0.2) is 18.2 Å². The second-order valence-electron chi connectivity index (χ2n) is 14.1. The quantitative estimate of drug-likeness (QED) is 0.347. The molecule has 44 heavy (non-hydrogen) atoms. The average molecular weight is 614 g/mol. The van der Waals surface area contributed by atoms with E-state index < -0.39 is 0 Å². The largest absolute Gasteiger partial charge is 0.490 e. The Morgan fingerprint density at radius 2 is 1.68 bits per heavy atom. The van der Waals surface area contributed by atoms with E-state index in [0.717, 1.165) is 64.0 Å². The molecule has 2 saturated carbocycles. The van der Waals surface area contributed by atoms with Gasteiger partial charge in [0.25, 0.3) is 5.91 Å². The highest BCUT2D eigenvalue weighted by Crippen LogP contribution is 2.30. The molecule has 248 valence electrons. The van der Waals surface area contributed by atoms with Crippen LogP contribution in [0, 0.1) is 17.8 Å². The molecule has 0 radical (unpaired) electrons. The van der Waals surface area contributed by atoms with Gasteiger partial charge in [0, 0.05) is 43.8 Å². The molecule has 0 spiro atoms. The highest BCUT2D eigenvalue weighted by atomic mass is 16.5. The lowest BCUT2D eigenvalue weighted by Crippen LogP contribution is -2.47. The summed E-state index contributed by atoms with van der Waals surface area (Å²) in [5.74, 6) is 1.19.